The van der Waals surface area contributed by atoms with Crippen LogP contribution >= 0.6 is 11.6 Å². The van der Waals surface area contributed by atoms with E-state index in [9.17, 15) is 43.0 Å². The van der Waals surface area contributed by atoms with E-state index >= 15 is 0 Å². The molecule has 1 amide bonds. The fourth-order valence-electron chi connectivity index (χ4n) is 6.57. The molecule has 0 aliphatic carbocycles. The van der Waals surface area contributed by atoms with E-state index in [2.05, 4.69) is 32.0 Å². The van der Waals surface area contributed by atoms with Crippen LogP contribution in [0.5, 0.6) is 0 Å². The van der Waals surface area contributed by atoms with Gasteiger partial charge in [0.1, 0.15) is 17.8 Å². The van der Waals surface area contributed by atoms with E-state index in [1.54, 1.807) is 54.5 Å². The van der Waals surface area contributed by atoms with Crippen molar-refractivity contribution < 1.29 is 51.6 Å². The summed E-state index contributed by atoms with van der Waals surface area (Å²) in [6, 6.07) is 13.2. The van der Waals surface area contributed by atoms with Gasteiger partial charge in [-0.25, -0.2) is 18.0 Å². The van der Waals surface area contributed by atoms with E-state index in [1.807, 2.05) is 0 Å². The molecular weight excluding hydrogens is 884 g/mol. The Hall–Kier alpha value is -5.17. The maximum atomic E-state index is 14.2. The Kier molecular flexibility index (Phi) is 19.9. The molecule has 0 saturated heterocycles. The van der Waals surface area contributed by atoms with Crippen LogP contribution in [0.25, 0.3) is 0 Å². The number of ether oxygens (including phenoxy) is 4. The molecule has 0 N–H and O–H groups in total. The maximum Gasteiger partial charge on any atom is 0.339 e. The second-order valence-electron chi connectivity index (χ2n) is 17.9. The van der Waals surface area contributed by atoms with Crippen molar-refractivity contribution in [2.24, 2.45) is 0 Å². The molecule has 0 heterocycles. The van der Waals surface area contributed by atoms with E-state index in [1.165, 1.54) is 40.8 Å². The number of carbonyl (C=O) groups excluding carboxylic acids is 3. The molecule has 0 bridgehead atoms. The number of benzene rings is 3. The maximum absolute atomic E-state index is 14.2. The first-order chi connectivity index (χ1) is 30.2. The van der Waals surface area contributed by atoms with Crippen LogP contribution in [0.2, 0.25) is 5.02 Å². The van der Waals surface area contributed by atoms with Gasteiger partial charge in [-0.2, -0.15) is 0 Å². The minimum Gasteiger partial charge on any atom is -0.458 e. The van der Waals surface area contributed by atoms with Crippen molar-refractivity contribution in [3.05, 3.63) is 102 Å². The van der Waals surface area contributed by atoms with Crippen LogP contribution in [0.1, 0.15) is 102 Å². The zero-order valence-electron chi connectivity index (χ0n) is 39.0. The SMILES string of the molecule is Cc1ccc(CCCCCO[C@@H](C(=O)N(C)CCCCCN(c2ccc(C)c(Cl)c2)S(=O)(=O)c2ccc([N+](=O)[O-])cc2[N+](=O)[O-])[C@@H](OCC(=O)OC(C)(C)C)C(=O)OC(C)(C)C)cc1C. The van der Waals surface area contributed by atoms with Crippen LogP contribution in [-0.2, 0) is 49.8 Å². The normalized spacial score (nSPS) is 12.8. The van der Waals surface area contributed by atoms with Crippen LogP contribution in [0.4, 0.5) is 17.1 Å². The number of amides is 1. The van der Waals surface area contributed by atoms with E-state index in [0.717, 1.165) is 35.7 Å². The van der Waals surface area contributed by atoms with Crippen LogP contribution in [0, 0.1) is 41.0 Å². The predicted molar refractivity (Wildman–Crippen MR) is 247 cm³/mol. The molecule has 0 spiro atoms. The number of rotatable bonds is 24. The van der Waals surface area contributed by atoms with Gasteiger partial charge in [-0.05, 0) is 141 Å². The number of nitrogens with zero attached hydrogens (tertiary/aromatic N) is 4. The number of sulfonamides is 1. The highest BCUT2D eigenvalue weighted by atomic mass is 35.5. The minimum absolute atomic E-state index is 0.0898. The Bertz CT molecular complexity index is 2270. The highest BCUT2D eigenvalue weighted by Gasteiger charge is 2.41. The molecule has 3 aromatic carbocycles. The number of halogens is 1. The van der Waals surface area contributed by atoms with Crippen molar-refractivity contribution in [3.63, 3.8) is 0 Å². The lowest BCUT2D eigenvalue weighted by Gasteiger charge is -2.31. The molecule has 3 rings (SSSR count). The zero-order chi connectivity index (χ0) is 48.9. The van der Waals surface area contributed by atoms with E-state index in [-0.39, 0.29) is 36.8 Å². The number of carbonyl (C=O) groups is 3. The van der Waals surface area contributed by atoms with Gasteiger partial charge in [-0.15, -0.1) is 0 Å². The summed E-state index contributed by atoms with van der Waals surface area (Å²) >= 11 is 6.37. The number of esters is 2. The third-order valence-corrected chi connectivity index (χ3v) is 12.3. The van der Waals surface area contributed by atoms with Crippen molar-refractivity contribution in [2.45, 2.75) is 136 Å². The highest BCUT2D eigenvalue weighted by Crippen LogP contribution is 2.34. The molecule has 0 aromatic heterocycles. The summed E-state index contributed by atoms with van der Waals surface area (Å²) in [7, 11) is -3.16. The van der Waals surface area contributed by atoms with Crippen molar-refractivity contribution in [1.82, 2.24) is 4.90 Å². The lowest BCUT2D eigenvalue weighted by Crippen LogP contribution is -2.51. The van der Waals surface area contributed by atoms with Gasteiger partial charge in [0.05, 0.1) is 21.6 Å². The Morgan fingerprint density at radius 2 is 1.35 bits per heavy atom. The van der Waals surface area contributed by atoms with Gasteiger partial charge in [0.25, 0.3) is 27.3 Å². The summed E-state index contributed by atoms with van der Waals surface area (Å²) in [5.41, 5.74) is 0.980. The molecule has 0 fully saturated rings. The molecule has 19 heteroatoms. The summed E-state index contributed by atoms with van der Waals surface area (Å²) in [5, 5.41) is 23.6. The van der Waals surface area contributed by atoms with E-state index in [4.69, 9.17) is 30.5 Å². The molecule has 17 nitrogen and oxygen atoms in total. The van der Waals surface area contributed by atoms with Gasteiger partial charge in [-0.3, -0.25) is 29.3 Å². The van der Waals surface area contributed by atoms with Gasteiger partial charge >= 0.3 is 11.9 Å². The second-order valence-corrected chi connectivity index (χ2v) is 20.1. The average Bonchev–Trinajstić information content (AvgIpc) is 3.20. The van der Waals surface area contributed by atoms with Crippen molar-refractivity contribution in [3.8, 4) is 0 Å². The molecule has 0 radical (unpaired) electrons. The Balaban J connectivity index is 1.81. The quantitative estimate of drug-likeness (QED) is 0.0356. The molecule has 0 aliphatic heterocycles. The Morgan fingerprint density at radius 3 is 1.95 bits per heavy atom. The molecule has 65 heavy (non-hydrogen) atoms. The zero-order valence-corrected chi connectivity index (χ0v) is 40.6. The first-order valence-corrected chi connectivity index (χ1v) is 23.2. The highest BCUT2D eigenvalue weighted by molar-refractivity contribution is 7.93. The topological polar surface area (TPSA) is 215 Å². The monoisotopic (exact) mass is 946 g/mol. The Morgan fingerprint density at radius 1 is 0.723 bits per heavy atom. The number of likely N-dealkylation sites (N-methyl/N-ethyl adjacent to an activating group) is 1. The van der Waals surface area contributed by atoms with Gasteiger partial charge in [0.15, 0.2) is 17.1 Å². The number of anilines is 1. The van der Waals surface area contributed by atoms with Gasteiger partial charge < -0.3 is 23.8 Å². The lowest BCUT2D eigenvalue weighted by atomic mass is 10.0. The van der Waals surface area contributed by atoms with Crippen LogP contribution in [0.15, 0.2) is 59.5 Å². The third-order valence-electron chi connectivity index (χ3n) is 10.0. The van der Waals surface area contributed by atoms with Gasteiger partial charge in [-0.1, -0.05) is 42.3 Å². The van der Waals surface area contributed by atoms with Crippen LogP contribution in [0.3, 0.4) is 0 Å². The molecule has 2 atom stereocenters. The summed E-state index contributed by atoms with van der Waals surface area (Å²) < 4.78 is 52.2. The number of aryl methyl sites for hydroxylation is 4. The number of non-ortho nitro benzene ring substituents is 1. The Labute approximate surface area is 387 Å². The van der Waals surface area contributed by atoms with Crippen molar-refractivity contribution in [2.75, 3.05) is 37.7 Å². The number of unbranched alkanes of at least 4 members (excludes halogenated alkanes) is 4. The second kappa shape index (κ2) is 23.8. The fourth-order valence-corrected chi connectivity index (χ4v) is 8.38. The summed E-state index contributed by atoms with van der Waals surface area (Å²) in [6.07, 6.45) is 0.762. The van der Waals surface area contributed by atoms with E-state index in [0.29, 0.717) is 30.9 Å². The molecule has 3 aromatic rings. The summed E-state index contributed by atoms with van der Waals surface area (Å²) in [5.74, 6) is -2.29. The van der Waals surface area contributed by atoms with Gasteiger partial charge in [0.2, 0.25) is 0 Å². The standard InChI is InChI=1S/C46H63ClN4O13S/c1-31-18-20-34(27-33(31)3)17-13-11-16-26-61-41(42(44(54)64-46(7,8)9)62-30-40(52)63-45(4,5)6)43(53)48(10)24-14-12-15-25-49(35-21-19-32(2)37(47)28-35)65(59,60)39-23-22-36(50(55)56)29-38(39)51(57)58/h18-23,27-29,41-42H,11-17,24-26,30H2,1-10H3/t41-,42-/m1/s1. The molecule has 0 unspecified atom stereocenters. The largest absolute Gasteiger partial charge is 0.458 e. The minimum atomic E-state index is -4.68. The molecule has 0 aliphatic rings. The fraction of sp³-hybridized carbons (Fsp3) is 0.543. The summed E-state index contributed by atoms with van der Waals surface area (Å²) in [6.45, 7) is 15.2. The number of hydrogen-bond donors (Lipinski definition) is 0. The lowest BCUT2D eigenvalue weighted by molar-refractivity contribution is -0.396. The first-order valence-electron chi connectivity index (χ1n) is 21.4. The number of nitro benzene ring substituents is 2. The predicted octanol–water partition coefficient (Wildman–Crippen LogP) is 8.77. The molecular formula is C46H63ClN4O13S. The number of hydrogen-bond acceptors (Lipinski definition) is 13. The average molecular weight is 948 g/mol. The van der Waals surface area contributed by atoms with Crippen molar-refractivity contribution in [1.29, 1.82) is 0 Å². The first kappa shape index (κ1) is 54.2. The van der Waals surface area contributed by atoms with Gasteiger partial charge in [0, 0.05) is 37.8 Å². The molecule has 0 saturated carbocycles. The van der Waals surface area contributed by atoms with Crippen LogP contribution < -0.4 is 4.31 Å². The van der Waals surface area contributed by atoms with E-state index < -0.39 is 84.0 Å². The smallest absolute Gasteiger partial charge is 0.339 e. The van der Waals surface area contributed by atoms with Crippen LogP contribution in [-0.4, -0.2) is 97.8 Å². The molecule has 358 valence electrons. The third kappa shape index (κ3) is 17.0. The summed E-state index contributed by atoms with van der Waals surface area (Å²) in [4.78, 5) is 62.8. The number of nitro groups is 2. The van der Waals surface area contributed by atoms with Crippen molar-refractivity contribution >= 4 is 56.5 Å².